The summed E-state index contributed by atoms with van der Waals surface area (Å²) in [5.41, 5.74) is -0.135. The number of methoxy groups -OCH3 is 1. The zero-order valence-electron chi connectivity index (χ0n) is 11.7. The Morgan fingerprint density at radius 2 is 1.55 bits per heavy atom. The second-order valence-electron chi connectivity index (χ2n) is 4.94. The first-order chi connectivity index (χ1) is 10.4. The van der Waals surface area contributed by atoms with Crippen molar-refractivity contribution in [2.24, 2.45) is 0 Å². The summed E-state index contributed by atoms with van der Waals surface area (Å²) in [6.45, 7) is 0. The number of hydrogen-bond acceptors (Lipinski definition) is 6. The third-order valence-electron chi connectivity index (χ3n) is 3.62. The maximum Gasteiger partial charge on any atom is 0.304 e. The van der Waals surface area contributed by atoms with Crippen molar-refractivity contribution in [3.05, 3.63) is 59.7 Å². The van der Waals surface area contributed by atoms with Gasteiger partial charge in [0, 0.05) is 0 Å². The Balaban J connectivity index is 2.22. The summed E-state index contributed by atoms with van der Waals surface area (Å²) in [5, 5.41) is 31.1. The number of hydrogen-bond donors (Lipinski definition) is 3. The minimum atomic E-state index is -2.87. The largest absolute Gasteiger partial charge is 0.496 e. The van der Waals surface area contributed by atoms with Gasteiger partial charge in [0.2, 0.25) is 0 Å². The average Bonchev–Trinajstić information content (AvgIpc) is 2.53. The van der Waals surface area contributed by atoms with Crippen LogP contribution in [0.5, 0.6) is 11.5 Å². The highest BCUT2D eigenvalue weighted by Gasteiger charge is 2.58. The summed E-state index contributed by atoms with van der Waals surface area (Å²) in [6.07, 6.45) is 0. The van der Waals surface area contributed by atoms with Crippen LogP contribution in [-0.2, 0) is 16.4 Å². The number of carbonyl (C=O) groups excluding carboxylic acids is 1. The molecule has 3 N–H and O–H groups in total. The summed E-state index contributed by atoms with van der Waals surface area (Å²) >= 11 is 0. The molecule has 1 aliphatic rings. The molecule has 6 nitrogen and oxygen atoms in total. The molecule has 0 aliphatic carbocycles. The molecule has 0 spiro atoms. The Labute approximate surface area is 126 Å². The van der Waals surface area contributed by atoms with Crippen molar-refractivity contribution >= 4 is 5.78 Å². The number of fused-ring (bicyclic) bond motifs is 1. The molecule has 0 saturated heterocycles. The minimum absolute atomic E-state index is 0.000469. The van der Waals surface area contributed by atoms with Crippen LogP contribution in [0.4, 0.5) is 0 Å². The second-order valence-corrected chi connectivity index (χ2v) is 4.94. The first-order valence-corrected chi connectivity index (χ1v) is 6.55. The van der Waals surface area contributed by atoms with Gasteiger partial charge in [-0.2, -0.15) is 0 Å². The van der Waals surface area contributed by atoms with Crippen LogP contribution in [0.25, 0.3) is 0 Å². The monoisotopic (exact) mass is 302 g/mol. The normalized spacial score (nSPS) is 22.6. The molecular formula is C16H14O6. The fourth-order valence-electron chi connectivity index (χ4n) is 2.51. The van der Waals surface area contributed by atoms with E-state index in [0.29, 0.717) is 0 Å². The standard InChI is InChI=1S/C16H14O6/c1-21-12-8-4-3-7-11(12)16(20)14(17)15(18,19)10-6-2-5-9-13(10)22-16/h2-9,18-20H,1H3. The van der Waals surface area contributed by atoms with Crippen molar-refractivity contribution in [1.29, 1.82) is 0 Å². The van der Waals surface area contributed by atoms with E-state index in [-0.39, 0.29) is 22.6 Å². The van der Waals surface area contributed by atoms with E-state index < -0.39 is 17.4 Å². The van der Waals surface area contributed by atoms with E-state index in [1.54, 1.807) is 18.2 Å². The number of Topliss-reactive ketones (excluding diaryl/α,β-unsaturated/α-hetero) is 1. The van der Waals surface area contributed by atoms with Gasteiger partial charge in [-0.25, -0.2) is 0 Å². The zero-order valence-corrected chi connectivity index (χ0v) is 11.7. The lowest BCUT2D eigenvalue weighted by Gasteiger charge is -2.39. The highest BCUT2D eigenvalue weighted by Crippen LogP contribution is 2.44. The van der Waals surface area contributed by atoms with Crippen LogP contribution in [0.3, 0.4) is 0 Å². The first-order valence-electron chi connectivity index (χ1n) is 6.55. The number of rotatable bonds is 2. The molecule has 6 heteroatoms. The minimum Gasteiger partial charge on any atom is -0.496 e. The lowest BCUT2D eigenvalue weighted by molar-refractivity contribution is -0.243. The average molecular weight is 302 g/mol. The van der Waals surface area contributed by atoms with Crippen molar-refractivity contribution < 1.29 is 29.6 Å². The fraction of sp³-hybridized carbons (Fsp3) is 0.188. The van der Waals surface area contributed by atoms with Crippen molar-refractivity contribution in [3.8, 4) is 11.5 Å². The maximum absolute atomic E-state index is 12.5. The molecule has 1 atom stereocenters. The Morgan fingerprint density at radius 1 is 0.955 bits per heavy atom. The molecule has 1 aliphatic heterocycles. The van der Waals surface area contributed by atoms with Gasteiger partial charge in [-0.05, 0) is 24.3 Å². The van der Waals surface area contributed by atoms with Crippen LogP contribution >= 0.6 is 0 Å². The summed E-state index contributed by atoms with van der Waals surface area (Å²) in [6, 6.07) is 12.1. The molecule has 2 aromatic rings. The highest BCUT2D eigenvalue weighted by molar-refractivity contribution is 5.96. The molecule has 0 saturated carbocycles. The van der Waals surface area contributed by atoms with Gasteiger partial charge in [0.15, 0.2) is 0 Å². The molecule has 22 heavy (non-hydrogen) atoms. The van der Waals surface area contributed by atoms with Gasteiger partial charge in [-0.3, -0.25) is 4.79 Å². The van der Waals surface area contributed by atoms with Crippen LogP contribution in [0.1, 0.15) is 11.1 Å². The molecule has 0 bridgehead atoms. The third-order valence-corrected chi connectivity index (χ3v) is 3.62. The molecule has 0 fully saturated rings. The predicted molar refractivity (Wildman–Crippen MR) is 75.1 cm³/mol. The molecular weight excluding hydrogens is 288 g/mol. The quantitative estimate of drug-likeness (QED) is 0.705. The van der Waals surface area contributed by atoms with E-state index in [0.717, 1.165) is 0 Å². The zero-order chi connectivity index (χ0) is 16.0. The topological polar surface area (TPSA) is 96.2 Å². The molecule has 0 aromatic heterocycles. The molecule has 114 valence electrons. The van der Waals surface area contributed by atoms with Crippen molar-refractivity contribution in [3.63, 3.8) is 0 Å². The number of carbonyl (C=O) groups is 1. The van der Waals surface area contributed by atoms with Crippen LogP contribution in [0, 0.1) is 0 Å². The summed E-state index contributed by atoms with van der Waals surface area (Å²) in [5.74, 6) is -6.55. The molecule has 0 amide bonds. The Bertz CT molecular complexity index is 739. The van der Waals surface area contributed by atoms with E-state index in [1.807, 2.05) is 0 Å². The first kappa shape index (κ1) is 14.5. The van der Waals surface area contributed by atoms with Crippen molar-refractivity contribution in [2.75, 3.05) is 7.11 Å². The SMILES string of the molecule is COc1ccccc1C1(O)Oc2ccccc2C(O)(O)C1=O. The molecule has 1 heterocycles. The Hall–Kier alpha value is -2.41. The second kappa shape index (κ2) is 4.81. The third kappa shape index (κ3) is 1.89. The van der Waals surface area contributed by atoms with Crippen LogP contribution in [0.2, 0.25) is 0 Å². The van der Waals surface area contributed by atoms with Gasteiger partial charge in [-0.1, -0.05) is 24.3 Å². The lowest BCUT2D eigenvalue weighted by Crippen LogP contribution is -2.56. The van der Waals surface area contributed by atoms with Gasteiger partial charge in [-0.15, -0.1) is 0 Å². The van der Waals surface area contributed by atoms with Gasteiger partial charge >= 0.3 is 5.79 Å². The van der Waals surface area contributed by atoms with E-state index >= 15 is 0 Å². The number of ether oxygens (including phenoxy) is 2. The Kier molecular flexibility index (Phi) is 3.17. The van der Waals surface area contributed by atoms with Crippen molar-refractivity contribution in [1.82, 2.24) is 0 Å². The van der Waals surface area contributed by atoms with E-state index in [2.05, 4.69) is 0 Å². The summed E-state index contributed by atoms with van der Waals surface area (Å²) < 4.78 is 10.5. The number of aliphatic hydroxyl groups is 3. The van der Waals surface area contributed by atoms with Crippen molar-refractivity contribution in [2.45, 2.75) is 11.6 Å². The summed E-state index contributed by atoms with van der Waals surface area (Å²) in [4.78, 5) is 12.5. The van der Waals surface area contributed by atoms with E-state index in [9.17, 15) is 20.1 Å². The number of ketones is 1. The maximum atomic E-state index is 12.5. The van der Waals surface area contributed by atoms with Crippen LogP contribution in [-0.4, -0.2) is 28.2 Å². The van der Waals surface area contributed by atoms with E-state index in [1.165, 1.54) is 37.4 Å². The van der Waals surface area contributed by atoms with Gasteiger partial charge in [0.05, 0.1) is 18.2 Å². The molecule has 2 aromatic carbocycles. The van der Waals surface area contributed by atoms with Gasteiger partial charge < -0.3 is 24.8 Å². The van der Waals surface area contributed by atoms with Gasteiger partial charge in [0.1, 0.15) is 11.5 Å². The molecule has 3 rings (SSSR count). The fourth-order valence-corrected chi connectivity index (χ4v) is 2.51. The van der Waals surface area contributed by atoms with Crippen LogP contribution in [0.15, 0.2) is 48.5 Å². The summed E-state index contributed by atoms with van der Waals surface area (Å²) in [7, 11) is 1.37. The molecule has 0 radical (unpaired) electrons. The van der Waals surface area contributed by atoms with E-state index in [4.69, 9.17) is 9.47 Å². The molecule has 1 unspecified atom stereocenters. The number of benzene rings is 2. The van der Waals surface area contributed by atoms with Crippen LogP contribution < -0.4 is 9.47 Å². The predicted octanol–water partition coefficient (Wildman–Crippen LogP) is 0.639. The Morgan fingerprint density at radius 3 is 2.23 bits per heavy atom. The number of para-hydroxylation sites is 2. The highest BCUT2D eigenvalue weighted by atomic mass is 16.6. The smallest absolute Gasteiger partial charge is 0.304 e. The van der Waals surface area contributed by atoms with Gasteiger partial charge in [0.25, 0.3) is 11.6 Å². The lowest BCUT2D eigenvalue weighted by atomic mass is 9.87.